The normalized spacial score (nSPS) is 23.9. The summed E-state index contributed by atoms with van der Waals surface area (Å²) in [6.07, 6.45) is 17.4. The van der Waals surface area contributed by atoms with Gasteiger partial charge in [-0.2, -0.15) is 8.78 Å². The van der Waals surface area contributed by atoms with Gasteiger partial charge >= 0.3 is 6.61 Å². The summed E-state index contributed by atoms with van der Waals surface area (Å²) in [5.74, 6) is 1.63. The minimum absolute atomic E-state index is 0.0122. The third-order valence-corrected chi connectivity index (χ3v) is 8.72. The van der Waals surface area contributed by atoms with E-state index >= 15 is 0 Å². The maximum Gasteiger partial charge on any atom is 0.387 e. The molecule has 1 heterocycles. The molecule has 2 aliphatic carbocycles. The second-order valence-corrected chi connectivity index (χ2v) is 11.7. The second-order valence-electron chi connectivity index (χ2n) is 11.7. The highest BCUT2D eigenvalue weighted by Gasteiger charge is 2.29. The van der Waals surface area contributed by atoms with Crippen LogP contribution in [0.1, 0.15) is 79.8 Å². The number of rotatable bonds is 10. The van der Waals surface area contributed by atoms with E-state index in [4.69, 9.17) is 4.99 Å². The molecule has 1 unspecified atom stereocenters. The van der Waals surface area contributed by atoms with Gasteiger partial charge in [-0.3, -0.25) is 9.79 Å². The van der Waals surface area contributed by atoms with Crippen molar-refractivity contribution in [1.29, 1.82) is 0 Å². The summed E-state index contributed by atoms with van der Waals surface area (Å²) in [6.45, 7) is 2.13. The molecule has 5 rings (SSSR count). The number of alkyl halides is 2. The fraction of sp³-hybridized carbons (Fsp3) is 0.429. The highest BCUT2D eigenvalue weighted by Crippen LogP contribution is 2.37. The standard InChI is InChI=1S/C35H41F2N3O2/c1-3-7-24-10-12-25(13-11-24)21-39-34(41)29-19-16-27(20-23(29)2)40-32-9-6-4-5-8-30-31(22-38-33(30)32)26-14-17-28(18-15-26)42-35(36)37/h4,6,9,14-20,22,24-25,30,35,40H,3,5,7-8,10-13,21H2,1-2H3,(H,39,41)/b6-4-,32-9+. The lowest BCUT2D eigenvalue weighted by molar-refractivity contribution is -0.0498. The lowest BCUT2D eigenvalue weighted by Gasteiger charge is -2.28. The molecule has 2 N–H and O–H groups in total. The fourth-order valence-electron chi connectivity index (χ4n) is 6.45. The Kier molecular flexibility index (Phi) is 9.88. The Balaban J connectivity index is 1.21. The number of hydrogen-bond acceptors (Lipinski definition) is 4. The van der Waals surface area contributed by atoms with Crippen LogP contribution in [0.15, 0.2) is 77.6 Å². The highest BCUT2D eigenvalue weighted by molar-refractivity contribution is 6.12. The number of allylic oxidation sites excluding steroid dienone is 5. The van der Waals surface area contributed by atoms with E-state index in [1.54, 1.807) is 24.3 Å². The summed E-state index contributed by atoms with van der Waals surface area (Å²) in [5, 5.41) is 6.72. The van der Waals surface area contributed by atoms with Crippen LogP contribution in [0.5, 0.6) is 5.75 Å². The molecule has 1 amide bonds. The molecule has 1 aliphatic heterocycles. The van der Waals surface area contributed by atoms with Crippen molar-refractivity contribution in [2.45, 2.75) is 71.8 Å². The van der Waals surface area contributed by atoms with Crippen molar-refractivity contribution < 1.29 is 18.3 Å². The fourth-order valence-corrected chi connectivity index (χ4v) is 6.45. The zero-order valence-corrected chi connectivity index (χ0v) is 24.5. The molecule has 0 aromatic heterocycles. The molecule has 1 fully saturated rings. The van der Waals surface area contributed by atoms with Crippen LogP contribution in [0.2, 0.25) is 0 Å². The summed E-state index contributed by atoms with van der Waals surface area (Å²) >= 11 is 0. The summed E-state index contributed by atoms with van der Waals surface area (Å²) in [6, 6.07) is 12.6. The molecule has 1 atom stereocenters. The van der Waals surface area contributed by atoms with E-state index < -0.39 is 6.61 Å². The summed E-state index contributed by atoms with van der Waals surface area (Å²) in [4.78, 5) is 17.8. The minimum atomic E-state index is -2.85. The largest absolute Gasteiger partial charge is 0.435 e. The van der Waals surface area contributed by atoms with Gasteiger partial charge in [-0.25, -0.2) is 0 Å². The highest BCUT2D eigenvalue weighted by atomic mass is 19.3. The number of carbonyl (C=O) groups excluding carboxylic acids is 1. The van der Waals surface area contributed by atoms with Crippen molar-refractivity contribution in [1.82, 2.24) is 5.32 Å². The molecule has 2 aromatic carbocycles. The van der Waals surface area contributed by atoms with Crippen molar-refractivity contribution >= 4 is 22.9 Å². The number of fused-ring (bicyclic) bond motifs is 1. The van der Waals surface area contributed by atoms with E-state index in [-0.39, 0.29) is 17.6 Å². The molecule has 0 saturated heterocycles. The lowest BCUT2D eigenvalue weighted by atomic mass is 9.80. The van der Waals surface area contributed by atoms with Gasteiger partial charge in [-0.15, -0.1) is 0 Å². The van der Waals surface area contributed by atoms with Gasteiger partial charge in [0.05, 0.1) is 11.4 Å². The van der Waals surface area contributed by atoms with Gasteiger partial charge in [-0.05, 0) is 97.6 Å². The summed E-state index contributed by atoms with van der Waals surface area (Å²) in [5.41, 5.74) is 6.34. The molecule has 0 bridgehead atoms. The quantitative estimate of drug-likeness (QED) is 0.299. The molecule has 3 aliphatic rings. The molecule has 1 saturated carbocycles. The van der Waals surface area contributed by atoms with Gasteiger partial charge in [0.2, 0.25) is 0 Å². The van der Waals surface area contributed by atoms with Gasteiger partial charge < -0.3 is 15.4 Å². The van der Waals surface area contributed by atoms with Crippen molar-refractivity contribution in [2.24, 2.45) is 22.7 Å². The van der Waals surface area contributed by atoms with E-state index in [2.05, 4.69) is 28.4 Å². The summed E-state index contributed by atoms with van der Waals surface area (Å²) in [7, 11) is 0. The van der Waals surface area contributed by atoms with Crippen LogP contribution in [-0.2, 0) is 0 Å². The van der Waals surface area contributed by atoms with Crippen molar-refractivity contribution in [2.75, 3.05) is 11.9 Å². The number of ether oxygens (including phenoxy) is 1. The Bertz CT molecular complexity index is 1370. The molecule has 42 heavy (non-hydrogen) atoms. The molecular weight excluding hydrogens is 532 g/mol. The number of carbonyl (C=O) groups is 1. The van der Waals surface area contributed by atoms with Crippen LogP contribution < -0.4 is 15.4 Å². The third-order valence-electron chi connectivity index (χ3n) is 8.72. The van der Waals surface area contributed by atoms with Gasteiger partial charge in [0.15, 0.2) is 0 Å². The molecule has 7 heteroatoms. The second kappa shape index (κ2) is 14.0. The maximum atomic E-state index is 13.0. The SMILES string of the molecule is CCCC1CCC(CNC(=O)c2ccc(N/C3=C/C=C\CCC4C(c5ccc(OC(F)F)cc5)=CN=C34)cc2C)CC1. The van der Waals surface area contributed by atoms with Gasteiger partial charge in [0.1, 0.15) is 5.75 Å². The van der Waals surface area contributed by atoms with E-state index in [0.29, 0.717) is 11.5 Å². The third kappa shape index (κ3) is 7.36. The van der Waals surface area contributed by atoms with Crippen molar-refractivity contribution in [3.8, 4) is 5.75 Å². The number of halogens is 2. The lowest BCUT2D eigenvalue weighted by Crippen LogP contribution is -2.31. The van der Waals surface area contributed by atoms with Crippen LogP contribution in [-0.4, -0.2) is 24.8 Å². The van der Waals surface area contributed by atoms with Crippen LogP contribution in [0.25, 0.3) is 5.57 Å². The van der Waals surface area contributed by atoms with E-state index in [1.165, 1.54) is 38.5 Å². The molecule has 0 spiro atoms. The number of nitrogens with one attached hydrogen (secondary N) is 2. The predicted octanol–water partition coefficient (Wildman–Crippen LogP) is 8.69. The first-order valence-electron chi connectivity index (χ1n) is 15.3. The number of hydrogen-bond donors (Lipinski definition) is 2. The zero-order chi connectivity index (χ0) is 29.5. The predicted molar refractivity (Wildman–Crippen MR) is 166 cm³/mol. The summed E-state index contributed by atoms with van der Waals surface area (Å²) < 4.78 is 29.7. The van der Waals surface area contributed by atoms with Crippen LogP contribution in [0.3, 0.4) is 0 Å². The first-order valence-corrected chi connectivity index (χ1v) is 15.3. The molecule has 222 valence electrons. The van der Waals surface area contributed by atoms with Crippen LogP contribution in [0.4, 0.5) is 14.5 Å². The number of benzene rings is 2. The Hall–Kier alpha value is -3.74. The topological polar surface area (TPSA) is 62.7 Å². The van der Waals surface area contributed by atoms with E-state index in [1.807, 2.05) is 43.5 Å². The Labute approximate surface area is 247 Å². The van der Waals surface area contributed by atoms with E-state index in [0.717, 1.165) is 59.1 Å². The first-order chi connectivity index (χ1) is 20.4. The average molecular weight is 574 g/mol. The number of nitrogens with zero attached hydrogens (tertiary/aromatic N) is 1. The smallest absolute Gasteiger partial charge is 0.387 e. The van der Waals surface area contributed by atoms with Crippen LogP contribution in [0, 0.1) is 24.7 Å². The molecule has 2 aromatic rings. The van der Waals surface area contributed by atoms with Gasteiger partial charge in [-0.1, -0.05) is 56.9 Å². The zero-order valence-electron chi connectivity index (χ0n) is 24.5. The average Bonchev–Trinajstić information content (AvgIpc) is 3.38. The Morgan fingerprint density at radius 3 is 2.52 bits per heavy atom. The van der Waals surface area contributed by atoms with E-state index in [9.17, 15) is 13.6 Å². The van der Waals surface area contributed by atoms with Crippen LogP contribution >= 0.6 is 0 Å². The number of anilines is 1. The van der Waals surface area contributed by atoms with Crippen molar-refractivity contribution in [3.63, 3.8) is 0 Å². The monoisotopic (exact) mass is 573 g/mol. The molecular formula is C35H41F2N3O2. The first kappa shape index (κ1) is 29.7. The molecule has 5 nitrogen and oxygen atoms in total. The number of aliphatic imine (C=N–C) groups is 1. The minimum Gasteiger partial charge on any atom is -0.435 e. The Morgan fingerprint density at radius 1 is 1.05 bits per heavy atom. The van der Waals surface area contributed by atoms with Crippen molar-refractivity contribution in [3.05, 3.63) is 89.3 Å². The maximum absolute atomic E-state index is 13.0. The number of aryl methyl sites for hydroxylation is 1. The van der Waals surface area contributed by atoms with Gasteiger partial charge in [0.25, 0.3) is 5.91 Å². The van der Waals surface area contributed by atoms with Gasteiger partial charge in [0, 0.05) is 29.9 Å². The number of amides is 1. The Morgan fingerprint density at radius 2 is 1.81 bits per heavy atom. The molecule has 0 radical (unpaired) electrons.